The molecule has 3 aromatic rings. The summed E-state index contributed by atoms with van der Waals surface area (Å²) in [6.07, 6.45) is 2.63. The number of morpholine rings is 1. The predicted molar refractivity (Wildman–Crippen MR) is 141 cm³/mol. The van der Waals surface area contributed by atoms with Gasteiger partial charge in [0.05, 0.1) is 36.6 Å². The van der Waals surface area contributed by atoms with Crippen LogP contribution in [0.25, 0.3) is 22.2 Å². The van der Waals surface area contributed by atoms with Gasteiger partial charge in [-0.2, -0.15) is 5.26 Å². The zero-order chi connectivity index (χ0) is 25.3. The van der Waals surface area contributed by atoms with Crippen molar-refractivity contribution in [1.82, 2.24) is 9.47 Å². The lowest BCUT2D eigenvalue weighted by Crippen LogP contribution is -2.89. The smallest absolute Gasteiger partial charge is 0.417 e. The van der Waals surface area contributed by atoms with Crippen LogP contribution in [0, 0.1) is 11.3 Å². The molecule has 1 aliphatic heterocycles. The third kappa shape index (κ3) is 5.94. The van der Waals surface area contributed by atoms with Crippen molar-refractivity contribution >= 4 is 22.6 Å². The summed E-state index contributed by atoms with van der Waals surface area (Å²) in [5.74, 6) is 0.807. The van der Waals surface area contributed by atoms with Gasteiger partial charge in [0, 0.05) is 43.3 Å². The summed E-state index contributed by atoms with van der Waals surface area (Å²) in [4.78, 5) is 14.4. The van der Waals surface area contributed by atoms with Gasteiger partial charge < -0.3 is 14.0 Å². The molecule has 0 spiro atoms. The second-order valence-electron chi connectivity index (χ2n) is 8.71. The number of nitriles is 1. The number of hydrogen-bond acceptors (Lipinski definition) is 5. The van der Waals surface area contributed by atoms with E-state index < -0.39 is 0 Å². The number of primary amides is 1. The number of nitrogens with one attached hydrogen (secondary N) is 1. The zero-order valence-electron chi connectivity index (χ0n) is 20.8. The Morgan fingerprint density at radius 1 is 1.25 bits per heavy atom. The van der Waals surface area contributed by atoms with Crippen molar-refractivity contribution in [3.05, 3.63) is 60.7 Å². The van der Waals surface area contributed by atoms with Crippen molar-refractivity contribution in [1.29, 1.82) is 5.26 Å². The lowest BCUT2D eigenvalue weighted by Gasteiger charge is -2.26. The van der Waals surface area contributed by atoms with Crippen molar-refractivity contribution in [2.75, 3.05) is 51.3 Å². The number of hydrogen-bond donors (Lipinski definition) is 2. The molecule has 36 heavy (non-hydrogen) atoms. The first-order chi connectivity index (χ1) is 17.6. The number of quaternary nitrogens is 1. The molecular formula is C28H34N5O3+. The molecule has 3 N–H and O–H groups in total. The van der Waals surface area contributed by atoms with Gasteiger partial charge in [0.1, 0.15) is 18.4 Å². The van der Waals surface area contributed by atoms with Crippen LogP contribution in [0.2, 0.25) is 0 Å². The fourth-order valence-corrected chi connectivity index (χ4v) is 4.56. The van der Waals surface area contributed by atoms with Gasteiger partial charge in [-0.1, -0.05) is 18.7 Å². The number of fused-ring (bicyclic) bond motifs is 1. The minimum absolute atomic E-state index is 0.166. The number of nitrogens with two attached hydrogens (primary N) is 1. The molecule has 2 amide bonds. The molecule has 8 nitrogen and oxygen atoms in total. The highest BCUT2D eigenvalue weighted by atomic mass is 16.5. The molecule has 1 aromatic heterocycles. The summed E-state index contributed by atoms with van der Waals surface area (Å²) >= 11 is 0. The first kappa shape index (κ1) is 25.5. The largest absolute Gasteiger partial charge is 0.493 e. The quantitative estimate of drug-likeness (QED) is 0.336. The van der Waals surface area contributed by atoms with E-state index in [1.54, 1.807) is 11.4 Å². The molecule has 8 heteroatoms. The van der Waals surface area contributed by atoms with E-state index >= 15 is 0 Å². The fourth-order valence-electron chi connectivity index (χ4n) is 4.56. The minimum Gasteiger partial charge on any atom is -0.493 e. The van der Waals surface area contributed by atoms with E-state index in [0.717, 1.165) is 67.2 Å². The number of aromatic nitrogens is 1. The van der Waals surface area contributed by atoms with Gasteiger partial charge in [0.2, 0.25) is 0 Å². The Morgan fingerprint density at radius 3 is 2.72 bits per heavy atom. The molecule has 0 bridgehead atoms. The number of benzene rings is 2. The Hall–Kier alpha value is -3.64. The van der Waals surface area contributed by atoms with E-state index in [0.29, 0.717) is 30.9 Å². The van der Waals surface area contributed by atoms with E-state index in [1.165, 1.54) is 0 Å². The predicted octanol–water partition coefficient (Wildman–Crippen LogP) is 3.58. The maximum absolute atomic E-state index is 12.0. The van der Waals surface area contributed by atoms with Gasteiger partial charge in [-0.05, 0) is 49.2 Å². The summed E-state index contributed by atoms with van der Waals surface area (Å²) in [7, 11) is 0. The van der Waals surface area contributed by atoms with Crippen LogP contribution in [-0.4, -0.2) is 61.5 Å². The second-order valence-corrected chi connectivity index (χ2v) is 8.71. The first-order valence-corrected chi connectivity index (χ1v) is 12.5. The molecular weight excluding hydrogens is 454 g/mol. The number of carbonyl (C=O) groups excluding carboxylic acids is 1. The van der Waals surface area contributed by atoms with Crippen molar-refractivity contribution in [2.24, 2.45) is 0 Å². The Labute approximate surface area is 212 Å². The van der Waals surface area contributed by atoms with E-state index in [9.17, 15) is 10.1 Å². The summed E-state index contributed by atoms with van der Waals surface area (Å²) in [5.41, 5.74) is 4.11. The summed E-state index contributed by atoms with van der Waals surface area (Å²) in [5, 5.41) is 15.3. The molecule has 2 heterocycles. The molecule has 0 atom stereocenters. The summed E-state index contributed by atoms with van der Waals surface area (Å²) < 4.78 is 13.6. The van der Waals surface area contributed by atoms with Crippen LogP contribution in [0.15, 0.2) is 55.1 Å². The average molecular weight is 489 g/mol. The van der Waals surface area contributed by atoms with Crippen molar-refractivity contribution in [3.8, 4) is 23.1 Å². The molecule has 0 unspecified atom stereocenters. The van der Waals surface area contributed by atoms with Crippen LogP contribution in [0.3, 0.4) is 0 Å². The maximum Gasteiger partial charge on any atom is 0.417 e. The summed E-state index contributed by atoms with van der Waals surface area (Å²) in [6.45, 7) is 12.2. The number of ether oxygens (including phenoxy) is 2. The Bertz CT molecular complexity index is 1240. The first-order valence-electron chi connectivity index (χ1n) is 12.5. The van der Waals surface area contributed by atoms with Crippen LogP contribution < -0.4 is 15.4 Å². The van der Waals surface area contributed by atoms with Gasteiger partial charge >= 0.3 is 6.03 Å². The Kier molecular flexibility index (Phi) is 8.74. The molecule has 2 aromatic carbocycles. The molecule has 4 rings (SSSR count). The van der Waals surface area contributed by atoms with E-state index in [1.807, 2.05) is 42.5 Å². The van der Waals surface area contributed by atoms with Crippen LogP contribution >= 0.6 is 0 Å². The lowest BCUT2D eigenvalue weighted by molar-refractivity contribution is -0.541. The molecule has 0 radical (unpaired) electrons. The topological polar surface area (TPSA) is 96.1 Å². The summed E-state index contributed by atoms with van der Waals surface area (Å²) in [6, 6.07) is 15.8. The molecule has 188 valence electrons. The standard InChI is InChI=1S/C28H33N5O3/c1-3-12-30-28(34)31-22-8-6-21(7-9-22)27-25(20-29)24-11-10-23(19-26(24)33(27)4-2)36-16-5-13-32-14-17-35-18-15-32/h3,6-11,19H,1,4-5,12-18H2,2H3,(H2,30,31,34)/p+1. The van der Waals surface area contributed by atoms with Gasteiger partial charge in [0.25, 0.3) is 0 Å². The second kappa shape index (κ2) is 12.4. The highest BCUT2D eigenvalue weighted by Crippen LogP contribution is 2.35. The number of carbonyl (C=O) groups is 1. The Balaban J connectivity index is 1.51. The maximum atomic E-state index is 12.0. The Morgan fingerprint density at radius 2 is 2.03 bits per heavy atom. The van der Waals surface area contributed by atoms with Gasteiger partial charge in [-0.15, -0.1) is 0 Å². The molecule has 0 aliphatic carbocycles. The van der Waals surface area contributed by atoms with E-state index in [2.05, 4.69) is 34.4 Å². The van der Waals surface area contributed by atoms with Crippen LogP contribution in [0.5, 0.6) is 5.75 Å². The molecule has 1 saturated heterocycles. The lowest BCUT2D eigenvalue weighted by atomic mass is 10.1. The third-order valence-electron chi connectivity index (χ3n) is 6.35. The van der Waals surface area contributed by atoms with Gasteiger partial charge in [-0.3, -0.25) is 15.5 Å². The van der Waals surface area contributed by atoms with E-state index in [4.69, 9.17) is 9.47 Å². The highest BCUT2D eigenvalue weighted by molar-refractivity contribution is 5.95. The van der Waals surface area contributed by atoms with Crippen LogP contribution in [-0.2, 0) is 11.3 Å². The van der Waals surface area contributed by atoms with Crippen molar-refractivity contribution in [3.63, 3.8) is 0 Å². The zero-order valence-corrected chi connectivity index (χ0v) is 20.8. The SMILES string of the molecule is C=CC[NH2+]C(=O)Nc1ccc(-c2c(C#N)c3ccc(OCCCN4CCOCC4)cc3n2CC)cc1. The number of aryl methyl sites for hydroxylation is 1. The van der Waals surface area contributed by atoms with E-state index in [-0.39, 0.29) is 6.03 Å². The number of nitrogens with zero attached hydrogens (tertiary/aromatic N) is 3. The average Bonchev–Trinajstić information content (AvgIpc) is 3.23. The molecule has 0 saturated carbocycles. The van der Waals surface area contributed by atoms with Gasteiger partial charge in [0.15, 0.2) is 0 Å². The minimum atomic E-state index is -0.166. The third-order valence-corrected chi connectivity index (χ3v) is 6.35. The highest BCUT2D eigenvalue weighted by Gasteiger charge is 2.19. The molecule has 1 fully saturated rings. The fraction of sp³-hybridized carbons (Fsp3) is 0.357. The number of anilines is 1. The van der Waals surface area contributed by atoms with Gasteiger partial charge in [-0.25, -0.2) is 4.79 Å². The number of rotatable bonds is 10. The van der Waals surface area contributed by atoms with Crippen molar-refractivity contribution in [2.45, 2.75) is 19.9 Å². The monoisotopic (exact) mass is 488 g/mol. The number of urea groups is 1. The van der Waals surface area contributed by atoms with Crippen LogP contribution in [0.4, 0.5) is 10.5 Å². The molecule has 1 aliphatic rings. The normalized spacial score (nSPS) is 13.9. The van der Waals surface area contributed by atoms with Crippen LogP contribution in [0.1, 0.15) is 18.9 Å². The van der Waals surface area contributed by atoms with Crippen molar-refractivity contribution < 1.29 is 19.6 Å². The number of amides is 2.